The molecule has 0 spiro atoms. The number of rotatable bonds is 8. The van der Waals surface area contributed by atoms with Crippen LogP contribution in [-0.2, 0) is 0 Å². The summed E-state index contributed by atoms with van der Waals surface area (Å²) in [5.74, 6) is 1.69. The number of nitrogens with zero attached hydrogens (tertiary/aromatic N) is 2. The van der Waals surface area contributed by atoms with E-state index in [0.717, 1.165) is 46.1 Å². The second kappa shape index (κ2) is 12.1. The maximum Gasteiger partial charge on any atom is 0.119 e. The van der Waals surface area contributed by atoms with E-state index in [9.17, 15) is 10.2 Å². The Bertz CT molecular complexity index is 1250. The van der Waals surface area contributed by atoms with E-state index in [4.69, 9.17) is 9.47 Å². The highest BCUT2D eigenvalue weighted by atomic mass is 35.5. The van der Waals surface area contributed by atoms with E-state index in [2.05, 4.69) is 70.5 Å². The summed E-state index contributed by atoms with van der Waals surface area (Å²) in [6, 6.07) is 25.6. The molecule has 37 heavy (non-hydrogen) atoms. The van der Waals surface area contributed by atoms with E-state index in [1.165, 1.54) is 11.1 Å². The lowest BCUT2D eigenvalue weighted by Crippen LogP contribution is -2.51. The van der Waals surface area contributed by atoms with Crippen LogP contribution in [0.1, 0.15) is 23.2 Å². The van der Waals surface area contributed by atoms with Crippen LogP contribution in [0.4, 0.5) is 0 Å². The zero-order valence-electron chi connectivity index (χ0n) is 21.3. The summed E-state index contributed by atoms with van der Waals surface area (Å²) in [5, 5.41) is 24.4. The number of fused-ring (bicyclic) bond motifs is 2. The highest BCUT2D eigenvalue weighted by Gasteiger charge is 2.35. The van der Waals surface area contributed by atoms with Gasteiger partial charge in [-0.05, 0) is 69.1 Å². The van der Waals surface area contributed by atoms with Crippen molar-refractivity contribution in [3.63, 3.8) is 0 Å². The van der Waals surface area contributed by atoms with E-state index in [0.29, 0.717) is 13.1 Å². The van der Waals surface area contributed by atoms with Gasteiger partial charge in [-0.2, -0.15) is 0 Å². The Balaban J connectivity index is 0.00000320. The van der Waals surface area contributed by atoms with Gasteiger partial charge in [-0.1, -0.05) is 36.4 Å². The van der Waals surface area contributed by atoms with Gasteiger partial charge in [0.05, 0.1) is 27.4 Å². The Morgan fingerprint density at radius 2 is 1.08 bits per heavy atom. The fourth-order valence-electron chi connectivity index (χ4n) is 5.49. The molecule has 1 fully saturated rings. The minimum atomic E-state index is 0. The first-order chi connectivity index (χ1) is 17.6. The number of methoxy groups -OCH3 is 2. The molecule has 0 radical (unpaired) electrons. The third-order valence-corrected chi connectivity index (χ3v) is 7.35. The average Bonchev–Trinajstić information content (AvgIpc) is 2.92. The number of aliphatic hydroxyl groups excluding tert-OH is 2. The standard InChI is InChI=1S/C30H34N2O4.ClH/c1-35-27-9-7-21-15-25(5-3-23(21)17-27)29-19-31(11-13-33)20-30(32(29)12-14-34)26-6-4-24-18-28(36-2)10-8-22(24)16-26;/h3-10,15-18,29-30,33-34H,11-14,19-20H2,1-2H3;1H. The van der Waals surface area contributed by atoms with Crippen molar-refractivity contribution < 1.29 is 19.7 Å². The van der Waals surface area contributed by atoms with Crippen molar-refractivity contribution in [3.05, 3.63) is 83.9 Å². The molecule has 2 N–H and O–H groups in total. The van der Waals surface area contributed by atoms with Gasteiger partial charge in [0.2, 0.25) is 0 Å². The van der Waals surface area contributed by atoms with Gasteiger partial charge in [0, 0.05) is 38.3 Å². The minimum Gasteiger partial charge on any atom is -0.497 e. The van der Waals surface area contributed by atoms with Crippen LogP contribution >= 0.6 is 12.4 Å². The fourth-order valence-corrected chi connectivity index (χ4v) is 5.49. The zero-order chi connectivity index (χ0) is 25.1. The lowest BCUT2D eigenvalue weighted by atomic mass is 9.92. The van der Waals surface area contributed by atoms with Crippen LogP contribution in [0, 0.1) is 0 Å². The van der Waals surface area contributed by atoms with Gasteiger partial charge >= 0.3 is 0 Å². The smallest absolute Gasteiger partial charge is 0.119 e. The van der Waals surface area contributed by atoms with Gasteiger partial charge in [0.15, 0.2) is 0 Å². The largest absolute Gasteiger partial charge is 0.497 e. The second-order valence-electron chi connectivity index (χ2n) is 9.42. The third kappa shape index (κ3) is 5.69. The Morgan fingerprint density at radius 3 is 1.51 bits per heavy atom. The lowest BCUT2D eigenvalue weighted by Gasteiger charge is -2.47. The van der Waals surface area contributed by atoms with Gasteiger partial charge in [-0.3, -0.25) is 9.80 Å². The quantitative estimate of drug-likeness (QED) is 0.346. The van der Waals surface area contributed by atoms with E-state index in [1.807, 2.05) is 12.1 Å². The lowest BCUT2D eigenvalue weighted by molar-refractivity contribution is 0.00447. The Morgan fingerprint density at radius 1 is 0.649 bits per heavy atom. The van der Waals surface area contributed by atoms with Crippen LogP contribution in [0.3, 0.4) is 0 Å². The molecule has 0 aromatic heterocycles. The number of hydrogen-bond donors (Lipinski definition) is 2. The summed E-state index contributed by atoms with van der Waals surface area (Å²) in [5.41, 5.74) is 2.42. The molecule has 4 aromatic rings. The van der Waals surface area contributed by atoms with Crippen molar-refractivity contribution in [3.8, 4) is 11.5 Å². The molecule has 0 amide bonds. The molecule has 2 unspecified atom stereocenters. The molecule has 1 saturated heterocycles. The Kier molecular flexibility index (Phi) is 8.90. The van der Waals surface area contributed by atoms with Crippen LogP contribution in [-0.4, -0.2) is 73.6 Å². The molecule has 1 aliphatic heterocycles. The average molecular weight is 523 g/mol. The van der Waals surface area contributed by atoms with Gasteiger partial charge in [0.1, 0.15) is 11.5 Å². The molecule has 0 saturated carbocycles. The first-order valence-corrected chi connectivity index (χ1v) is 12.5. The maximum absolute atomic E-state index is 10.1. The summed E-state index contributed by atoms with van der Waals surface area (Å²) in [4.78, 5) is 4.75. The first-order valence-electron chi connectivity index (χ1n) is 12.5. The third-order valence-electron chi connectivity index (χ3n) is 7.35. The number of ether oxygens (including phenoxy) is 2. The molecule has 2 atom stereocenters. The number of β-amino-alcohol motifs (C(OH)–C–C–N with tert-alkyl or cyclic N) is 2. The van der Waals surface area contributed by atoms with Crippen molar-refractivity contribution in [1.82, 2.24) is 9.80 Å². The summed E-state index contributed by atoms with van der Waals surface area (Å²) < 4.78 is 10.8. The van der Waals surface area contributed by atoms with Crippen molar-refractivity contribution in [2.24, 2.45) is 0 Å². The summed E-state index contributed by atoms with van der Waals surface area (Å²) in [6.07, 6.45) is 0. The molecule has 5 rings (SSSR count). The van der Waals surface area contributed by atoms with Crippen LogP contribution in [0.5, 0.6) is 11.5 Å². The molecular formula is C30H35ClN2O4. The number of halogens is 1. The zero-order valence-corrected chi connectivity index (χ0v) is 22.2. The highest BCUT2D eigenvalue weighted by Crippen LogP contribution is 2.38. The van der Waals surface area contributed by atoms with Crippen molar-refractivity contribution in [2.45, 2.75) is 12.1 Å². The van der Waals surface area contributed by atoms with Crippen molar-refractivity contribution >= 4 is 34.0 Å². The fraction of sp³-hybridized carbons (Fsp3) is 0.333. The van der Waals surface area contributed by atoms with E-state index < -0.39 is 0 Å². The molecular weight excluding hydrogens is 488 g/mol. The van der Waals surface area contributed by atoms with E-state index in [-0.39, 0.29) is 37.7 Å². The van der Waals surface area contributed by atoms with Crippen LogP contribution in [0.15, 0.2) is 72.8 Å². The van der Waals surface area contributed by atoms with Gasteiger partial charge in [-0.15, -0.1) is 12.4 Å². The predicted octanol–water partition coefficient (Wildman–Crippen LogP) is 4.82. The van der Waals surface area contributed by atoms with Crippen LogP contribution in [0.2, 0.25) is 0 Å². The van der Waals surface area contributed by atoms with E-state index in [1.54, 1.807) is 14.2 Å². The second-order valence-corrected chi connectivity index (χ2v) is 9.42. The maximum atomic E-state index is 10.1. The summed E-state index contributed by atoms with van der Waals surface area (Å²) in [6.45, 7) is 2.99. The van der Waals surface area contributed by atoms with Crippen LogP contribution in [0.25, 0.3) is 21.5 Å². The molecule has 1 heterocycles. The number of aliphatic hydroxyl groups is 2. The Labute approximate surface area is 224 Å². The molecule has 196 valence electrons. The first kappa shape index (κ1) is 27.2. The van der Waals surface area contributed by atoms with Crippen molar-refractivity contribution in [2.75, 3.05) is 53.6 Å². The van der Waals surface area contributed by atoms with Crippen LogP contribution < -0.4 is 9.47 Å². The number of hydrogen-bond acceptors (Lipinski definition) is 6. The molecule has 0 aliphatic carbocycles. The normalized spacial score (nSPS) is 18.6. The monoisotopic (exact) mass is 522 g/mol. The summed E-state index contributed by atoms with van der Waals surface area (Å²) in [7, 11) is 3.37. The topological polar surface area (TPSA) is 65.4 Å². The van der Waals surface area contributed by atoms with Gasteiger partial charge in [0.25, 0.3) is 0 Å². The van der Waals surface area contributed by atoms with Gasteiger partial charge < -0.3 is 19.7 Å². The summed E-state index contributed by atoms with van der Waals surface area (Å²) >= 11 is 0. The Hall–Kier alpha value is -2.87. The minimum absolute atomic E-state index is 0. The molecule has 6 nitrogen and oxygen atoms in total. The molecule has 0 bridgehead atoms. The highest BCUT2D eigenvalue weighted by molar-refractivity contribution is 5.86. The van der Waals surface area contributed by atoms with Gasteiger partial charge in [-0.25, -0.2) is 0 Å². The SMILES string of the molecule is COc1ccc2cc(C3CN(CCO)CC(c4ccc5cc(OC)ccc5c4)N3CCO)ccc2c1.Cl. The van der Waals surface area contributed by atoms with Crippen molar-refractivity contribution in [1.29, 1.82) is 0 Å². The molecule has 4 aromatic carbocycles. The van der Waals surface area contributed by atoms with E-state index >= 15 is 0 Å². The number of benzene rings is 4. The molecule has 7 heteroatoms. The number of piperazine rings is 1. The molecule has 1 aliphatic rings. The predicted molar refractivity (Wildman–Crippen MR) is 151 cm³/mol.